The zero-order valence-electron chi connectivity index (χ0n) is 9.89. The number of amidine groups is 1. The van der Waals surface area contributed by atoms with E-state index in [0.29, 0.717) is 5.92 Å². The van der Waals surface area contributed by atoms with Crippen LogP contribution in [0.15, 0.2) is 40.3 Å². The molecule has 0 saturated carbocycles. The molecule has 0 atom stereocenters. The normalized spacial score (nSPS) is 20.0. The number of piperidine rings is 1. The molecule has 2 aliphatic heterocycles. The highest BCUT2D eigenvalue weighted by molar-refractivity contribution is 6.12. The van der Waals surface area contributed by atoms with Crippen molar-refractivity contribution in [2.45, 2.75) is 20.3 Å². The summed E-state index contributed by atoms with van der Waals surface area (Å²) in [6.45, 7) is 3.03. The van der Waals surface area contributed by atoms with Gasteiger partial charge in [-0.05, 0) is 25.9 Å². The van der Waals surface area contributed by atoms with Gasteiger partial charge >= 0.3 is 0 Å². The lowest BCUT2D eigenvalue weighted by molar-refractivity contribution is 0.455. The van der Waals surface area contributed by atoms with Crippen LogP contribution in [0.5, 0.6) is 0 Å². The molecule has 96 valence electrons. The summed E-state index contributed by atoms with van der Waals surface area (Å²) < 4.78 is 0. The maximum atomic E-state index is 4.72. The smallest absolute Gasteiger partial charge is 0.154 e. The molecule has 1 aromatic carbocycles. The van der Waals surface area contributed by atoms with E-state index in [9.17, 15) is 0 Å². The van der Waals surface area contributed by atoms with Crippen molar-refractivity contribution in [3.63, 3.8) is 0 Å². The van der Waals surface area contributed by atoms with Crippen LogP contribution in [0.2, 0.25) is 0 Å². The number of hydrogen-bond acceptors (Lipinski definition) is 3. The third kappa shape index (κ3) is 2.67. The highest BCUT2D eigenvalue weighted by atomic mass is 15.0. The first-order valence-corrected chi connectivity index (χ1v) is 6.31. The molecule has 0 radical (unpaired) electrons. The molecular formula is C15H21N3. The summed E-state index contributed by atoms with van der Waals surface area (Å²) in [4.78, 5) is 9.28. The molecule has 3 nitrogen and oxygen atoms in total. The van der Waals surface area contributed by atoms with Crippen molar-refractivity contribution in [1.82, 2.24) is 5.32 Å². The Kier molecular flexibility index (Phi) is 4.26. The van der Waals surface area contributed by atoms with Gasteiger partial charge in [0, 0.05) is 17.2 Å². The van der Waals surface area contributed by atoms with Gasteiger partial charge in [-0.2, -0.15) is 0 Å². The van der Waals surface area contributed by atoms with Gasteiger partial charge in [0.2, 0.25) is 0 Å². The average Bonchev–Trinajstić information content (AvgIpc) is 2.90. The molecule has 1 N–H and O–H groups in total. The van der Waals surface area contributed by atoms with Crippen LogP contribution in [-0.2, 0) is 0 Å². The SMILES string of the molecule is C.c1ccc(C2=NCC(C3CCNCC3)=N2)cc1. The Labute approximate surface area is 109 Å². The topological polar surface area (TPSA) is 36.8 Å². The van der Waals surface area contributed by atoms with Gasteiger partial charge in [-0.3, -0.25) is 4.99 Å². The predicted molar refractivity (Wildman–Crippen MR) is 77.6 cm³/mol. The van der Waals surface area contributed by atoms with Gasteiger partial charge in [-0.1, -0.05) is 37.8 Å². The number of nitrogens with one attached hydrogen (secondary N) is 1. The van der Waals surface area contributed by atoms with Crippen molar-refractivity contribution < 1.29 is 0 Å². The van der Waals surface area contributed by atoms with E-state index in [1.807, 2.05) is 18.2 Å². The Morgan fingerprint density at radius 1 is 1.06 bits per heavy atom. The summed E-state index contributed by atoms with van der Waals surface area (Å²) >= 11 is 0. The summed E-state index contributed by atoms with van der Waals surface area (Å²) in [5.74, 6) is 1.56. The van der Waals surface area contributed by atoms with Crippen molar-refractivity contribution in [1.29, 1.82) is 0 Å². The van der Waals surface area contributed by atoms with Crippen molar-refractivity contribution in [3.8, 4) is 0 Å². The van der Waals surface area contributed by atoms with Gasteiger partial charge in [0.1, 0.15) is 0 Å². The first kappa shape index (κ1) is 13.0. The lowest BCUT2D eigenvalue weighted by Gasteiger charge is -2.22. The second-order valence-corrected chi connectivity index (χ2v) is 4.63. The van der Waals surface area contributed by atoms with Crippen molar-refractivity contribution in [2.75, 3.05) is 19.6 Å². The molecule has 0 aliphatic carbocycles. The van der Waals surface area contributed by atoms with Gasteiger partial charge in [0.15, 0.2) is 5.84 Å². The van der Waals surface area contributed by atoms with Crippen LogP contribution in [0.3, 0.4) is 0 Å². The third-order valence-electron chi connectivity index (χ3n) is 3.48. The molecule has 0 amide bonds. The number of rotatable bonds is 2. The predicted octanol–water partition coefficient (Wildman–Crippen LogP) is 2.52. The number of benzene rings is 1. The monoisotopic (exact) mass is 243 g/mol. The second-order valence-electron chi connectivity index (χ2n) is 4.63. The summed E-state index contributed by atoms with van der Waals surface area (Å²) in [6, 6.07) is 10.3. The number of nitrogens with zero attached hydrogens (tertiary/aromatic N) is 2. The van der Waals surface area contributed by atoms with Gasteiger partial charge < -0.3 is 5.32 Å². The van der Waals surface area contributed by atoms with Crippen LogP contribution in [-0.4, -0.2) is 31.2 Å². The average molecular weight is 243 g/mol. The van der Waals surface area contributed by atoms with Crippen LogP contribution in [0.25, 0.3) is 0 Å². The first-order chi connectivity index (χ1) is 8.43. The molecule has 0 bridgehead atoms. The van der Waals surface area contributed by atoms with E-state index in [1.165, 1.54) is 18.6 Å². The third-order valence-corrected chi connectivity index (χ3v) is 3.48. The van der Waals surface area contributed by atoms with Crippen LogP contribution < -0.4 is 5.32 Å². The van der Waals surface area contributed by atoms with Crippen molar-refractivity contribution >= 4 is 11.5 Å². The molecule has 2 heterocycles. The fourth-order valence-corrected chi connectivity index (χ4v) is 2.48. The quantitative estimate of drug-likeness (QED) is 0.851. The maximum Gasteiger partial charge on any atom is 0.154 e. The number of hydrogen-bond donors (Lipinski definition) is 1. The molecule has 0 spiro atoms. The van der Waals surface area contributed by atoms with E-state index in [-0.39, 0.29) is 7.43 Å². The van der Waals surface area contributed by atoms with Gasteiger partial charge in [0.25, 0.3) is 0 Å². The molecule has 0 aromatic heterocycles. The summed E-state index contributed by atoms with van der Waals surface area (Å²) in [5.41, 5.74) is 2.42. The fourth-order valence-electron chi connectivity index (χ4n) is 2.48. The van der Waals surface area contributed by atoms with Crippen LogP contribution in [0.1, 0.15) is 25.8 Å². The minimum absolute atomic E-state index is 0. The molecule has 1 saturated heterocycles. The van der Waals surface area contributed by atoms with E-state index >= 15 is 0 Å². The minimum Gasteiger partial charge on any atom is -0.317 e. The van der Waals surface area contributed by atoms with E-state index in [4.69, 9.17) is 4.99 Å². The van der Waals surface area contributed by atoms with Crippen molar-refractivity contribution in [2.24, 2.45) is 15.9 Å². The molecular weight excluding hydrogens is 222 g/mol. The van der Waals surface area contributed by atoms with Crippen molar-refractivity contribution in [3.05, 3.63) is 35.9 Å². The Bertz CT molecular complexity index is 442. The molecule has 3 heteroatoms. The molecule has 18 heavy (non-hydrogen) atoms. The highest BCUT2D eigenvalue weighted by Crippen LogP contribution is 2.18. The Balaban J connectivity index is 0.00000120. The lowest BCUT2D eigenvalue weighted by Crippen LogP contribution is -2.32. The van der Waals surface area contributed by atoms with E-state index in [0.717, 1.165) is 31.0 Å². The van der Waals surface area contributed by atoms with Crippen LogP contribution >= 0.6 is 0 Å². The van der Waals surface area contributed by atoms with Gasteiger partial charge in [-0.15, -0.1) is 0 Å². The largest absolute Gasteiger partial charge is 0.317 e. The Morgan fingerprint density at radius 2 is 1.78 bits per heavy atom. The molecule has 1 aromatic rings. The van der Waals surface area contributed by atoms with E-state index in [1.54, 1.807) is 0 Å². The lowest BCUT2D eigenvalue weighted by atomic mass is 9.93. The standard InChI is InChI=1S/C14H17N3.CH4/c1-2-4-12(5-3-1)14-16-10-13(17-14)11-6-8-15-9-7-11;/h1-5,11,15H,6-10H2;1H4. The Morgan fingerprint density at radius 3 is 2.50 bits per heavy atom. The zero-order valence-corrected chi connectivity index (χ0v) is 9.89. The molecule has 2 aliphatic rings. The maximum absolute atomic E-state index is 4.72. The minimum atomic E-state index is 0. The van der Waals surface area contributed by atoms with E-state index < -0.39 is 0 Å². The van der Waals surface area contributed by atoms with E-state index in [2.05, 4.69) is 22.4 Å². The van der Waals surface area contributed by atoms with Gasteiger partial charge in [-0.25, -0.2) is 4.99 Å². The highest BCUT2D eigenvalue weighted by Gasteiger charge is 2.22. The summed E-state index contributed by atoms with van der Waals surface area (Å²) in [5, 5.41) is 3.39. The first-order valence-electron chi connectivity index (χ1n) is 6.31. The Hall–Kier alpha value is -1.48. The number of aliphatic imine (C=N–C) groups is 2. The summed E-state index contributed by atoms with van der Waals surface area (Å²) in [7, 11) is 0. The van der Waals surface area contributed by atoms with Gasteiger partial charge in [0.05, 0.1) is 6.54 Å². The molecule has 1 fully saturated rings. The fraction of sp³-hybridized carbons (Fsp3) is 0.467. The van der Waals surface area contributed by atoms with Crippen LogP contribution in [0, 0.1) is 5.92 Å². The second kappa shape index (κ2) is 5.91. The van der Waals surface area contributed by atoms with Crippen LogP contribution in [0.4, 0.5) is 0 Å². The molecule has 3 rings (SSSR count). The molecule has 0 unspecified atom stereocenters. The summed E-state index contributed by atoms with van der Waals surface area (Å²) in [6.07, 6.45) is 2.41. The zero-order chi connectivity index (χ0) is 11.5.